The highest BCUT2D eigenvalue weighted by Crippen LogP contribution is 2.32. The molecule has 10 heteroatoms. The maximum atomic E-state index is 12.0. The zero-order valence-electron chi connectivity index (χ0n) is 20.1. The van der Waals surface area contributed by atoms with Crippen LogP contribution in [0.4, 0.5) is 11.4 Å². The van der Waals surface area contributed by atoms with Gasteiger partial charge >= 0.3 is 0 Å². The fourth-order valence-electron chi connectivity index (χ4n) is 4.75. The fourth-order valence-corrected chi connectivity index (χ4v) is 4.75. The highest BCUT2D eigenvalue weighted by molar-refractivity contribution is 5.97. The minimum Gasteiger partial charge on any atom is -0.368 e. The number of piperidine rings is 1. The van der Waals surface area contributed by atoms with Gasteiger partial charge in [-0.1, -0.05) is 6.92 Å². The van der Waals surface area contributed by atoms with Crippen LogP contribution in [0.5, 0.6) is 0 Å². The topological polar surface area (TPSA) is 128 Å². The van der Waals surface area contributed by atoms with Crippen LogP contribution in [0.15, 0.2) is 43.1 Å². The summed E-state index contributed by atoms with van der Waals surface area (Å²) in [5.41, 5.74) is 6.57. The van der Waals surface area contributed by atoms with Gasteiger partial charge in [-0.15, -0.1) is 0 Å². The Kier molecular flexibility index (Phi) is 5.76. The summed E-state index contributed by atoms with van der Waals surface area (Å²) in [6, 6.07) is 3.85. The van der Waals surface area contributed by atoms with E-state index in [-0.39, 0.29) is 5.91 Å². The zero-order chi connectivity index (χ0) is 24.5. The molecule has 1 fully saturated rings. The first-order valence-corrected chi connectivity index (χ1v) is 12.4. The molecular formula is C26H27N9O. The Morgan fingerprint density at radius 2 is 1.89 bits per heavy atom. The van der Waals surface area contributed by atoms with E-state index in [4.69, 9.17) is 4.98 Å². The van der Waals surface area contributed by atoms with E-state index in [1.165, 1.54) is 19.3 Å². The van der Waals surface area contributed by atoms with Crippen molar-refractivity contribution in [1.82, 2.24) is 35.1 Å². The molecule has 1 aliphatic heterocycles. The third kappa shape index (κ3) is 4.15. The lowest BCUT2D eigenvalue weighted by atomic mass is 10.1. The first-order valence-electron chi connectivity index (χ1n) is 12.4. The van der Waals surface area contributed by atoms with Gasteiger partial charge in [-0.3, -0.25) is 24.8 Å². The van der Waals surface area contributed by atoms with Crippen molar-refractivity contribution in [2.45, 2.75) is 39.0 Å². The number of hydrogen-bond acceptors (Lipinski definition) is 7. The maximum Gasteiger partial charge on any atom is 0.224 e. The Morgan fingerprint density at radius 1 is 1.03 bits per heavy atom. The van der Waals surface area contributed by atoms with Gasteiger partial charge in [0.05, 0.1) is 52.9 Å². The summed E-state index contributed by atoms with van der Waals surface area (Å²) in [7, 11) is 0. The second kappa shape index (κ2) is 9.37. The van der Waals surface area contributed by atoms with E-state index in [9.17, 15) is 4.79 Å². The Balaban J connectivity index is 1.37. The van der Waals surface area contributed by atoms with Crippen molar-refractivity contribution < 1.29 is 4.79 Å². The lowest BCUT2D eigenvalue weighted by molar-refractivity contribution is -0.116. The number of pyridine rings is 3. The number of aromatic nitrogens is 7. The van der Waals surface area contributed by atoms with Crippen LogP contribution in [0.2, 0.25) is 0 Å². The Bertz CT molecular complexity index is 1550. The predicted octanol–water partition coefficient (Wildman–Crippen LogP) is 4.69. The number of anilines is 2. The average Bonchev–Trinajstić information content (AvgIpc) is 3.53. The molecular weight excluding hydrogens is 454 g/mol. The van der Waals surface area contributed by atoms with Crippen LogP contribution in [0, 0.1) is 0 Å². The quantitative estimate of drug-likeness (QED) is 0.321. The molecule has 0 radical (unpaired) electrons. The monoisotopic (exact) mass is 481 g/mol. The lowest BCUT2D eigenvalue weighted by Gasteiger charge is -2.28. The highest BCUT2D eigenvalue weighted by Gasteiger charge is 2.19. The number of H-pyrrole nitrogens is 2. The summed E-state index contributed by atoms with van der Waals surface area (Å²) >= 11 is 0. The molecule has 0 bridgehead atoms. The Hall–Kier alpha value is -4.34. The van der Waals surface area contributed by atoms with E-state index in [1.54, 1.807) is 18.6 Å². The van der Waals surface area contributed by atoms with Crippen molar-refractivity contribution in [2.24, 2.45) is 0 Å². The van der Waals surface area contributed by atoms with Crippen molar-refractivity contribution >= 4 is 39.2 Å². The van der Waals surface area contributed by atoms with E-state index in [0.29, 0.717) is 17.9 Å². The van der Waals surface area contributed by atoms with E-state index >= 15 is 0 Å². The number of carbonyl (C=O) groups excluding carboxylic acids is 1. The van der Waals surface area contributed by atoms with Gasteiger partial charge in [0, 0.05) is 36.7 Å². The number of nitrogens with zero attached hydrogens (tertiary/aromatic N) is 6. The average molecular weight is 482 g/mol. The summed E-state index contributed by atoms with van der Waals surface area (Å²) < 4.78 is 0. The number of amides is 1. The first kappa shape index (κ1) is 22.1. The van der Waals surface area contributed by atoms with E-state index in [1.807, 2.05) is 31.5 Å². The molecule has 182 valence electrons. The summed E-state index contributed by atoms with van der Waals surface area (Å²) in [6.07, 6.45) is 13.8. The molecule has 1 aliphatic rings. The molecule has 5 aromatic rings. The van der Waals surface area contributed by atoms with Crippen LogP contribution in [-0.2, 0) is 4.79 Å². The molecule has 0 aromatic carbocycles. The van der Waals surface area contributed by atoms with Crippen molar-refractivity contribution in [2.75, 3.05) is 23.3 Å². The fraction of sp³-hybridized carbons (Fsp3) is 0.308. The molecule has 6 heterocycles. The smallest absolute Gasteiger partial charge is 0.224 e. The highest BCUT2D eigenvalue weighted by atomic mass is 16.1. The largest absolute Gasteiger partial charge is 0.368 e. The molecule has 36 heavy (non-hydrogen) atoms. The molecule has 0 aliphatic carbocycles. The van der Waals surface area contributed by atoms with Gasteiger partial charge < -0.3 is 15.2 Å². The number of fused-ring (bicyclic) bond motifs is 2. The number of carbonyl (C=O) groups is 1. The molecule has 1 saturated heterocycles. The van der Waals surface area contributed by atoms with Crippen molar-refractivity contribution in [3.05, 3.63) is 43.1 Å². The lowest BCUT2D eigenvalue weighted by Crippen LogP contribution is -2.29. The normalized spacial score (nSPS) is 14.0. The molecule has 5 aromatic heterocycles. The van der Waals surface area contributed by atoms with Crippen LogP contribution < -0.4 is 10.2 Å². The van der Waals surface area contributed by atoms with Crippen LogP contribution in [-0.4, -0.2) is 54.1 Å². The second-order valence-corrected chi connectivity index (χ2v) is 9.14. The molecule has 1 amide bonds. The van der Waals surface area contributed by atoms with Gasteiger partial charge in [0.15, 0.2) is 5.82 Å². The first-order chi connectivity index (χ1) is 17.7. The summed E-state index contributed by atoms with van der Waals surface area (Å²) in [4.78, 5) is 36.1. The number of rotatable bonds is 6. The SMILES string of the molecule is CCCC(=O)Nc1cncc(-c2cc3c(-c4nc5c(N6CCCCC6)cncc5[nH]4)n[nH]c3cn2)c1. The van der Waals surface area contributed by atoms with Crippen LogP contribution >= 0.6 is 0 Å². The number of hydrogen-bond donors (Lipinski definition) is 3. The number of nitrogens with one attached hydrogen (secondary N) is 3. The molecule has 10 nitrogen and oxygen atoms in total. The summed E-state index contributed by atoms with van der Waals surface area (Å²) in [6.45, 7) is 4.02. The van der Waals surface area contributed by atoms with Gasteiger partial charge in [-0.05, 0) is 37.8 Å². The second-order valence-electron chi connectivity index (χ2n) is 9.14. The van der Waals surface area contributed by atoms with Gasteiger partial charge in [-0.25, -0.2) is 4.98 Å². The number of imidazole rings is 1. The molecule has 6 rings (SSSR count). The van der Waals surface area contributed by atoms with Gasteiger partial charge in [0.25, 0.3) is 0 Å². The minimum absolute atomic E-state index is 0.0275. The molecule has 0 spiro atoms. The van der Waals surface area contributed by atoms with Gasteiger partial charge in [0.2, 0.25) is 5.91 Å². The van der Waals surface area contributed by atoms with Gasteiger partial charge in [-0.2, -0.15) is 5.10 Å². The molecule has 0 unspecified atom stereocenters. The Morgan fingerprint density at radius 3 is 2.75 bits per heavy atom. The van der Waals surface area contributed by atoms with Crippen LogP contribution in [0.1, 0.15) is 39.0 Å². The molecule has 0 atom stereocenters. The van der Waals surface area contributed by atoms with Crippen molar-refractivity contribution in [1.29, 1.82) is 0 Å². The third-order valence-electron chi connectivity index (χ3n) is 6.54. The summed E-state index contributed by atoms with van der Waals surface area (Å²) in [5, 5.41) is 11.4. The minimum atomic E-state index is -0.0275. The van der Waals surface area contributed by atoms with Crippen molar-refractivity contribution in [3.63, 3.8) is 0 Å². The molecule has 3 N–H and O–H groups in total. The van der Waals surface area contributed by atoms with E-state index in [0.717, 1.165) is 64.1 Å². The van der Waals surface area contributed by atoms with Crippen LogP contribution in [0.25, 0.3) is 44.7 Å². The van der Waals surface area contributed by atoms with E-state index < -0.39 is 0 Å². The van der Waals surface area contributed by atoms with Gasteiger partial charge in [0.1, 0.15) is 11.2 Å². The van der Waals surface area contributed by atoms with Crippen LogP contribution in [0.3, 0.4) is 0 Å². The van der Waals surface area contributed by atoms with E-state index in [2.05, 4.69) is 40.3 Å². The predicted molar refractivity (Wildman–Crippen MR) is 140 cm³/mol. The maximum absolute atomic E-state index is 12.0. The van der Waals surface area contributed by atoms with Crippen molar-refractivity contribution in [3.8, 4) is 22.8 Å². The third-order valence-corrected chi connectivity index (χ3v) is 6.54. The Labute approximate surface area is 207 Å². The molecule has 0 saturated carbocycles. The number of aromatic amines is 2. The summed E-state index contributed by atoms with van der Waals surface area (Å²) in [5.74, 6) is 0.652. The zero-order valence-corrected chi connectivity index (χ0v) is 20.1. The standard InChI is InChI=1S/C26H27N9O/c1-2-6-23(36)30-17-9-16(11-27-12-17)19-10-18-20(14-29-19)33-34-24(18)26-31-21-13-28-15-22(25(21)32-26)35-7-4-3-5-8-35/h9-15H,2-8H2,1H3,(H,30,36)(H,31,32)(H,33,34).